The number of anilines is 1. The number of aromatic amines is 1. The molecule has 0 atom stereocenters. The van der Waals surface area contributed by atoms with Gasteiger partial charge in [0.1, 0.15) is 5.69 Å². The molecule has 0 aliphatic heterocycles. The minimum absolute atomic E-state index is 0.0394. The fraction of sp³-hybridized carbons (Fsp3) is 0.455. The molecule has 0 fully saturated rings. The Hall–Kier alpha value is -1.98. The summed E-state index contributed by atoms with van der Waals surface area (Å²) in [7, 11) is 1.57. The van der Waals surface area contributed by atoms with E-state index in [-0.39, 0.29) is 18.4 Å². The molecule has 1 rings (SSSR count). The van der Waals surface area contributed by atoms with Crippen LogP contribution in [0.5, 0.6) is 0 Å². The minimum Gasteiger partial charge on any atom is -0.397 e. The maximum absolute atomic E-state index is 11.8. The third kappa shape index (κ3) is 3.82. The van der Waals surface area contributed by atoms with Crippen molar-refractivity contribution in [2.75, 3.05) is 25.9 Å². The lowest BCUT2D eigenvalue weighted by atomic mass is 10.3. The highest BCUT2D eigenvalue weighted by molar-refractivity contribution is 5.95. The zero-order valence-electron chi connectivity index (χ0n) is 10.1. The van der Waals surface area contributed by atoms with Crippen LogP contribution in [0, 0.1) is 0 Å². The van der Waals surface area contributed by atoms with Crippen molar-refractivity contribution in [3.63, 3.8) is 0 Å². The summed E-state index contributed by atoms with van der Waals surface area (Å²) in [5, 5.41) is 2.71. The molecule has 1 aromatic rings. The number of carbonyl (C=O) groups is 2. The van der Waals surface area contributed by atoms with Gasteiger partial charge in [-0.15, -0.1) is 0 Å². The molecular weight excluding hydrogens is 220 g/mol. The van der Waals surface area contributed by atoms with E-state index in [9.17, 15) is 9.59 Å². The van der Waals surface area contributed by atoms with Crippen LogP contribution in [-0.4, -0.2) is 41.8 Å². The third-order valence-corrected chi connectivity index (χ3v) is 2.24. The summed E-state index contributed by atoms with van der Waals surface area (Å²) in [5.74, 6) is -0.421. The fourth-order valence-corrected chi connectivity index (χ4v) is 1.35. The molecule has 0 bridgehead atoms. The Bertz CT molecular complexity index is 400. The van der Waals surface area contributed by atoms with Gasteiger partial charge >= 0.3 is 0 Å². The maximum Gasteiger partial charge on any atom is 0.270 e. The predicted octanol–water partition coefficient (Wildman–Crippen LogP) is 0.195. The quantitative estimate of drug-likeness (QED) is 0.684. The number of nitrogens with zero attached hydrogens (tertiary/aromatic N) is 1. The molecule has 0 radical (unpaired) electrons. The molecule has 0 saturated carbocycles. The zero-order chi connectivity index (χ0) is 12.8. The van der Waals surface area contributed by atoms with Gasteiger partial charge in [-0.05, 0) is 12.5 Å². The molecule has 1 aromatic heterocycles. The van der Waals surface area contributed by atoms with Crippen LogP contribution in [0.2, 0.25) is 0 Å². The van der Waals surface area contributed by atoms with Crippen LogP contribution in [0.3, 0.4) is 0 Å². The number of rotatable bonds is 5. The molecule has 0 aliphatic carbocycles. The van der Waals surface area contributed by atoms with Crippen LogP contribution < -0.4 is 11.1 Å². The Morgan fingerprint density at radius 3 is 2.76 bits per heavy atom. The number of aromatic nitrogens is 1. The third-order valence-electron chi connectivity index (χ3n) is 2.24. The van der Waals surface area contributed by atoms with E-state index in [1.54, 1.807) is 13.1 Å². The van der Waals surface area contributed by atoms with Crippen LogP contribution >= 0.6 is 0 Å². The average molecular weight is 238 g/mol. The molecule has 0 aliphatic rings. The van der Waals surface area contributed by atoms with Crippen molar-refractivity contribution in [1.82, 2.24) is 15.2 Å². The molecule has 0 spiro atoms. The second-order valence-electron chi connectivity index (χ2n) is 3.86. The second kappa shape index (κ2) is 5.93. The second-order valence-corrected chi connectivity index (χ2v) is 3.86. The summed E-state index contributed by atoms with van der Waals surface area (Å²) < 4.78 is 0. The smallest absolute Gasteiger partial charge is 0.270 e. The van der Waals surface area contributed by atoms with Gasteiger partial charge in [0, 0.05) is 25.5 Å². The van der Waals surface area contributed by atoms with Crippen molar-refractivity contribution in [3.8, 4) is 0 Å². The van der Waals surface area contributed by atoms with E-state index < -0.39 is 0 Å². The summed E-state index contributed by atoms with van der Waals surface area (Å²) in [4.78, 5) is 27.3. The normalized spacial score (nSPS) is 10.0. The molecule has 1 heterocycles. The largest absolute Gasteiger partial charge is 0.397 e. The highest BCUT2D eigenvalue weighted by Gasteiger charge is 2.15. The Balaban J connectivity index is 2.50. The lowest BCUT2D eigenvalue weighted by Crippen LogP contribution is -2.38. The number of carbonyl (C=O) groups excluding carboxylic acids is 2. The van der Waals surface area contributed by atoms with E-state index in [0.717, 1.165) is 6.42 Å². The molecule has 2 amide bonds. The molecule has 0 unspecified atom stereocenters. The highest BCUT2D eigenvalue weighted by atomic mass is 16.2. The SMILES string of the molecule is CCCNC(=O)CN(C)C(=O)c1cc(N)c[nH]1. The molecule has 4 N–H and O–H groups in total. The number of nitrogens with one attached hydrogen (secondary N) is 2. The van der Waals surface area contributed by atoms with Crippen LogP contribution in [0.15, 0.2) is 12.3 Å². The summed E-state index contributed by atoms with van der Waals surface area (Å²) in [6.45, 7) is 2.63. The number of H-pyrrole nitrogens is 1. The van der Waals surface area contributed by atoms with E-state index in [0.29, 0.717) is 17.9 Å². The van der Waals surface area contributed by atoms with Gasteiger partial charge in [-0.25, -0.2) is 0 Å². The Kier molecular flexibility index (Phi) is 4.56. The van der Waals surface area contributed by atoms with Gasteiger partial charge in [0.25, 0.3) is 5.91 Å². The van der Waals surface area contributed by atoms with Crippen molar-refractivity contribution in [1.29, 1.82) is 0 Å². The van der Waals surface area contributed by atoms with Crippen LogP contribution in [0.4, 0.5) is 5.69 Å². The number of hydrogen-bond acceptors (Lipinski definition) is 3. The molecule has 6 nitrogen and oxygen atoms in total. The summed E-state index contributed by atoms with van der Waals surface area (Å²) in [6, 6.07) is 1.54. The number of amides is 2. The number of likely N-dealkylation sites (N-methyl/N-ethyl adjacent to an activating group) is 1. The van der Waals surface area contributed by atoms with Crippen LogP contribution in [-0.2, 0) is 4.79 Å². The van der Waals surface area contributed by atoms with Crippen molar-refractivity contribution >= 4 is 17.5 Å². The van der Waals surface area contributed by atoms with E-state index in [1.165, 1.54) is 11.1 Å². The number of nitrogens with two attached hydrogens (primary N) is 1. The monoisotopic (exact) mass is 238 g/mol. The molecule has 6 heteroatoms. The molecule has 17 heavy (non-hydrogen) atoms. The van der Waals surface area contributed by atoms with E-state index in [1.807, 2.05) is 6.92 Å². The topological polar surface area (TPSA) is 91.2 Å². The zero-order valence-corrected chi connectivity index (χ0v) is 10.1. The van der Waals surface area contributed by atoms with E-state index >= 15 is 0 Å². The van der Waals surface area contributed by atoms with Gasteiger partial charge in [-0.3, -0.25) is 9.59 Å². The summed E-state index contributed by atoms with van der Waals surface area (Å²) >= 11 is 0. The Morgan fingerprint density at radius 2 is 2.24 bits per heavy atom. The first-order valence-electron chi connectivity index (χ1n) is 5.50. The molecular formula is C11H18N4O2. The van der Waals surface area contributed by atoms with Gasteiger partial charge in [0.15, 0.2) is 0 Å². The maximum atomic E-state index is 11.8. The lowest BCUT2D eigenvalue weighted by Gasteiger charge is -2.15. The van der Waals surface area contributed by atoms with Crippen molar-refractivity contribution in [3.05, 3.63) is 18.0 Å². The molecule has 94 valence electrons. The van der Waals surface area contributed by atoms with Gasteiger partial charge in [0.2, 0.25) is 5.91 Å². The first-order chi connectivity index (χ1) is 8.04. The molecule has 0 aromatic carbocycles. The van der Waals surface area contributed by atoms with Crippen molar-refractivity contribution < 1.29 is 9.59 Å². The first-order valence-corrected chi connectivity index (χ1v) is 5.50. The van der Waals surface area contributed by atoms with E-state index in [4.69, 9.17) is 5.73 Å². The van der Waals surface area contributed by atoms with Gasteiger partial charge in [-0.1, -0.05) is 6.92 Å². The van der Waals surface area contributed by atoms with Crippen LogP contribution in [0.25, 0.3) is 0 Å². The standard InChI is InChI=1S/C11H18N4O2/c1-3-4-13-10(16)7-15(2)11(17)9-5-8(12)6-14-9/h5-6,14H,3-4,7,12H2,1-2H3,(H,13,16). The van der Waals surface area contributed by atoms with Crippen molar-refractivity contribution in [2.24, 2.45) is 0 Å². The van der Waals surface area contributed by atoms with Crippen molar-refractivity contribution in [2.45, 2.75) is 13.3 Å². The Labute approximate surface area is 100 Å². The van der Waals surface area contributed by atoms with E-state index in [2.05, 4.69) is 10.3 Å². The van der Waals surface area contributed by atoms with Gasteiger partial charge in [0.05, 0.1) is 6.54 Å². The summed E-state index contributed by atoms with van der Waals surface area (Å²) in [6.07, 6.45) is 2.41. The summed E-state index contributed by atoms with van der Waals surface area (Å²) in [5.41, 5.74) is 6.38. The Morgan fingerprint density at radius 1 is 1.53 bits per heavy atom. The highest BCUT2D eigenvalue weighted by Crippen LogP contribution is 2.06. The fourth-order valence-electron chi connectivity index (χ4n) is 1.35. The van der Waals surface area contributed by atoms with Gasteiger partial charge in [-0.2, -0.15) is 0 Å². The lowest BCUT2D eigenvalue weighted by molar-refractivity contribution is -0.121. The number of nitrogen functional groups attached to an aromatic ring is 1. The average Bonchev–Trinajstić information content (AvgIpc) is 2.72. The first kappa shape index (κ1) is 13.1. The molecule has 0 saturated heterocycles. The predicted molar refractivity (Wildman–Crippen MR) is 65.5 cm³/mol. The van der Waals surface area contributed by atoms with Crippen LogP contribution in [0.1, 0.15) is 23.8 Å². The van der Waals surface area contributed by atoms with Gasteiger partial charge < -0.3 is 20.9 Å². The minimum atomic E-state index is -0.256. The number of hydrogen-bond donors (Lipinski definition) is 3.